The second kappa shape index (κ2) is 7.37. The maximum absolute atomic E-state index is 5.29. The van der Waals surface area contributed by atoms with Gasteiger partial charge in [0.05, 0.1) is 17.4 Å². The SMILES string of the molecule is CCC[n+]1c2ccccc2n2c(C(C)(C)C)nc3cccc(C(C)(CC)CC)c3c21. The summed E-state index contributed by atoms with van der Waals surface area (Å²) in [6.07, 6.45) is 3.33. The van der Waals surface area contributed by atoms with E-state index in [0.29, 0.717) is 0 Å². The molecule has 0 N–H and O–H groups in total. The fourth-order valence-electron chi connectivity index (χ4n) is 4.81. The lowest BCUT2D eigenvalue weighted by molar-refractivity contribution is -0.645. The summed E-state index contributed by atoms with van der Waals surface area (Å²) >= 11 is 0. The van der Waals surface area contributed by atoms with Gasteiger partial charge in [-0.15, -0.1) is 0 Å². The molecule has 0 saturated heterocycles. The van der Waals surface area contributed by atoms with Gasteiger partial charge in [-0.2, -0.15) is 4.40 Å². The number of rotatable bonds is 5. The van der Waals surface area contributed by atoms with E-state index >= 15 is 0 Å². The number of aryl methyl sites for hydroxylation is 1. The van der Waals surface area contributed by atoms with Gasteiger partial charge < -0.3 is 0 Å². The van der Waals surface area contributed by atoms with Gasteiger partial charge in [0.25, 0.3) is 5.65 Å². The Morgan fingerprint density at radius 1 is 0.900 bits per heavy atom. The zero-order chi connectivity index (χ0) is 21.7. The highest BCUT2D eigenvalue weighted by Gasteiger charge is 2.34. The van der Waals surface area contributed by atoms with Gasteiger partial charge in [-0.3, -0.25) is 0 Å². The molecule has 0 aliphatic heterocycles. The number of benzene rings is 2. The molecule has 0 atom stereocenters. The minimum absolute atomic E-state index is 0.0624. The fourth-order valence-corrected chi connectivity index (χ4v) is 4.81. The zero-order valence-electron chi connectivity index (χ0n) is 19.7. The van der Waals surface area contributed by atoms with Crippen molar-refractivity contribution in [2.45, 2.75) is 85.1 Å². The lowest BCUT2D eigenvalue weighted by Crippen LogP contribution is -2.35. The molecule has 0 bridgehead atoms. The van der Waals surface area contributed by atoms with Crippen molar-refractivity contribution in [2.24, 2.45) is 0 Å². The summed E-state index contributed by atoms with van der Waals surface area (Å²) < 4.78 is 4.98. The summed E-state index contributed by atoms with van der Waals surface area (Å²) in [5.74, 6) is 1.13. The quantitative estimate of drug-likeness (QED) is 0.340. The largest absolute Gasteiger partial charge is 0.298 e. The summed E-state index contributed by atoms with van der Waals surface area (Å²) in [4.78, 5) is 5.29. The number of hydrogen-bond donors (Lipinski definition) is 0. The standard InChI is InChI=1S/C27H36N3/c1-8-18-29-21-16-11-12-17-22(21)30-24(29)23-19(27(7,9-2)10-3)14-13-15-20(23)28-25(30)26(4,5)6/h11-17H,8-10,18H2,1-7H3/q+1. The Kier molecular flexibility index (Phi) is 5.12. The topological polar surface area (TPSA) is 21.2 Å². The molecule has 2 aromatic carbocycles. The van der Waals surface area contributed by atoms with E-state index in [9.17, 15) is 0 Å². The van der Waals surface area contributed by atoms with Gasteiger partial charge in [-0.1, -0.05) is 72.7 Å². The summed E-state index contributed by atoms with van der Waals surface area (Å²) in [5, 5.41) is 1.32. The summed E-state index contributed by atoms with van der Waals surface area (Å²) in [7, 11) is 0. The monoisotopic (exact) mass is 402 g/mol. The Morgan fingerprint density at radius 3 is 2.23 bits per heavy atom. The third-order valence-corrected chi connectivity index (χ3v) is 6.91. The predicted octanol–water partition coefficient (Wildman–Crippen LogP) is 6.71. The number of hydrogen-bond acceptors (Lipinski definition) is 1. The molecular formula is C27H36N3+. The Bertz CT molecular complexity index is 1220. The van der Waals surface area contributed by atoms with Crippen LogP contribution in [-0.4, -0.2) is 9.38 Å². The van der Waals surface area contributed by atoms with E-state index in [1.54, 1.807) is 0 Å². The van der Waals surface area contributed by atoms with Gasteiger partial charge in [0.2, 0.25) is 5.82 Å². The first-order valence-corrected chi connectivity index (χ1v) is 11.5. The smallest absolute Gasteiger partial charge is 0.222 e. The Labute approximate surface area is 180 Å². The molecule has 2 heterocycles. The van der Waals surface area contributed by atoms with Crippen LogP contribution in [0.1, 0.15) is 79.1 Å². The van der Waals surface area contributed by atoms with Crippen molar-refractivity contribution in [3.8, 4) is 0 Å². The third-order valence-electron chi connectivity index (χ3n) is 6.91. The van der Waals surface area contributed by atoms with E-state index in [4.69, 9.17) is 4.98 Å². The average Bonchev–Trinajstić information content (AvgIpc) is 3.06. The fraction of sp³-hybridized carbons (Fsp3) is 0.481. The molecule has 4 rings (SSSR count). The van der Waals surface area contributed by atoms with Crippen molar-refractivity contribution in [1.29, 1.82) is 0 Å². The van der Waals surface area contributed by atoms with E-state index < -0.39 is 0 Å². The minimum atomic E-state index is -0.0624. The highest BCUT2D eigenvalue weighted by atomic mass is 15.2. The van der Waals surface area contributed by atoms with Crippen LogP contribution in [0.2, 0.25) is 0 Å². The normalized spacial score (nSPS) is 13.0. The molecule has 0 fully saturated rings. The first-order valence-electron chi connectivity index (χ1n) is 11.5. The number of imidazole rings is 1. The van der Waals surface area contributed by atoms with Crippen LogP contribution >= 0.6 is 0 Å². The number of fused-ring (bicyclic) bond motifs is 5. The van der Waals surface area contributed by atoms with Gasteiger partial charge in [0.15, 0.2) is 11.0 Å². The molecule has 4 aromatic rings. The minimum Gasteiger partial charge on any atom is -0.222 e. The lowest BCUT2D eigenvalue weighted by atomic mass is 9.76. The van der Waals surface area contributed by atoms with Gasteiger partial charge >= 0.3 is 0 Å². The molecule has 0 radical (unpaired) electrons. The Balaban J connectivity index is 2.34. The molecule has 0 saturated carbocycles. The molecule has 0 spiro atoms. The molecule has 3 nitrogen and oxygen atoms in total. The van der Waals surface area contributed by atoms with Crippen molar-refractivity contribution in [1.82, 2.24) is 9.38 Å². The second-order valence-electron chi connectivity index (χ2n) is 9.95. The maximum atomic E-state index is 5.29. The maximum Gasteiger partial charge on any atom is 0.298 e. The molecule has 30 heavy (non-hydrogen) atoms. The Morgan fingerprint density at radius 2 is 1.60 bits per heavy atom. The summed E-state index contributed by atoms with van der Waals surface area (Å²) in [6.45, 7) is 17.1. The average molecular weight is 403 g/mol. The van der Waals surface area contributed by atoms with Crippen LogP contribution in [-0.2, 0) is 17.4 Å². The summed E-state index contributed by atoms with van der Waals surface area (Å²) in [5.41, 5.74) is 6.46. The highest BCUT2D eigenvalue weighted by molar-refractivity contribution is 5.96. The summed E-state index contributed by atoms with van der Waals surface area (Å²) in [6, 6.07) is 15.6. The van der Waals surface area contributed by atoms with Crippen LogP contribution in [0.5, 0.6) is 0 Å². The second-order valence-corrected chi connectivity index (χ2v) is 9.95. The van der Waals surface area contributed by atoms with Crippen LogP contribution in [0.3, 0.4) is 0 Å². The first kappa shape index (κ1) is 20.8. The van der Waals surface area contributed by atoms with E-state index in [1.807, 2.05) is 0 Å². The number of nitrogens with zero attached hydrogens (tertiary/aromatic N) is 3. The molecule has 158 valence electrons. The predicted molar refractivity (Wildman–Crippen MR) is 127 cm³/mol. The van der Waals surface area contributed by atoms with E-state index in [-0.39, 0.29) is 10.8 Å². The molecular weight excluding hydrogens is 366 g/mol. The van der Waals surface area contributed by atoms with Gasteiger partial charge in [-0.05, 0) is 48.4 Å². The highest BCUT2D eigenvalue weighted by Crippen LogP contribution is 2.38. The van der Waals surface area contributed by atoms with Crippen molar-refractivity contribution < 1.29 is 4.57 Å². The zero-order valence-corrected chi connectivity index (χ0v) is 19.7. The third kappa shape index (κ3) is 3.02. The molecule has 3 heteroatoms. The van der Waals surface area contributed by atoms with E-state index in [1.165, 1.54) is 27.6 Å². The van der Waals surface area contributed by atoms with Crippen molar-refractivity contribution in [3.63, 3.8) is 0 Å². The molecule has 0 aliphatic carbocycles. The first-order chi connectivity index (χ1) is 14.3. The van der Waals surface area contributed by atoms with Crippen LogP contribution < -0.4 is 4.57 Å². The molecule has 2 aromatic heterocycles. The van der Waals surface area contributed by atoms with Gasteiger partial charge in [-0.25, -0.2) is 9.55 Å². The van der Waals surface area contributed by atoms with Crippen molar-refractivity contribution in [2.75, 3.05) is 0 Å². The lowest BCUT2D eigenvalue weighted by Gasteiger charge is -2.28. The van der Waals surface area contributed by atoms with Crippen LogP contribution in [0.15, 0.2) is 42.5 Å². The van der Waals surface area contributed by atoms with E-state index in [2.05, 4.69) is 99.9 Å². The van der Waals surface area contributed by atoms with Crippen LogP contribution in [0, 0.1) is 0 Å². The molecule has 0 amide bonds. The molecule has 0 unspecified atom stereocenters. The Hall–Kier alpha value is -2.42. The van der Waals surface area contributed by atoms with E-state index in [0.717, 1.165) is 37.1 Å². The van der Waals surface area contributed by atoms with Crippen LogP contribution in [0.25, 0.3) is 27.6 Å². The van der Waals surface area contributed by atoms with Gasteiger partial charge in [0, 0.05) is 5.41 Å². The molecule has 0 aliphatic rings. The van der Waals surface area contributed by atoms with Crippen molar-refractivity contribution >= 4 is 27.6 Å². The van der Waals surface area contributed by atoms with Gasteiger partial charge in [0.1, 0.15) is 0 Å². The van der Waals surface area contributed by atoms with Crippen LogP contribution in [0.4, 0.5) is 0 Å². The number of para-hydroxylation sites is 2. The number of aromatic nitrogens is 3. The van der Waals surface area contributed by atoms with Crippen molar-refractivity contribution in [3.05, 3.63) is 53.9 Å².